The van der Waals surface area contributed by atoms with Gasteiger partial charge in [0, 0.05) is 0 Å². The highest BCUT2D eigenvalue weighted by Crippen LogP contribution is 2.37. The molecule has 0 bridgehead atoms. The van der Waals surface area contributed by atoms with E-state index in [1.807, 2.05) is 0 Å². The molecule has 1 aliphatic rings. The molecule has 1 saturated carbocycles. The minimum atomic E-state index is -5.31. The van der Waals surface area contributed by atoms with E-state index in [-0.39, 0.29) is 0 Å². The first-order valence-corrected chi connectivity index (χ1v) is 11.8. The number of unbranched alkanes of at least 4 members (excludes halogenated alkanes) is 2. The first-order valence-electron chi connectivity index (χ1n) is 11.8. The molecule has 1 nitrogen and oxygen atoms in total. The van der Waals surface area contributed by atoms with Crippen LogP contribution < -0.4 is 4.74 Å². The largest absolute Gasteiger partial charge is 0.573 e. The van der Waals surface area contributed by atoms with Crippen molar-refractivity contribution < 1.29 is 35.5 Å². The van der Waals surface area contributed by atoms with Crippen LogP contribution in [0.4, 0.5) is 30.7 Å². The molecular formula is C26H29F7O. The van der Waals surface area contributed by atoms with Crippen molar-refractivity contribution in [3.63, 3.8) is 0 Å². The SMILES string of the molecule is CCCCCC1CCC(CCc2cc(F)c(-c3cc(F)c(OC(F)(F)F)c(F)c3)c(F)c2)CC1. The lowest BCUT2D eigenvalue weighted by Crippen LogP contribution is -2.19. The van der Waals surface area contributed by atoms with Gasteiger partial charge in [0.25, 0.3) is 0 Å². The molecule has 0 heterocycles. The molecule has 1 aliphatic carbocycles. The third-order valence-corrected chi connectivity index (χ3v) is 6.63. The maximum absolute atomic E-state index is 14.7. The van der Waals surface area contributed by atoms with Crippen LogP contribution in [0, 0.1) is 35.1 Å². The third kappa shape index (κ3) is 7.12. The van der Waals surface area contributed by atoms with E-state index >= 15 is 0 Å². The van der Waals surface area contributed by atoms with Gasteiger partial charge in [-0.05, 0) is 60.1 Å². The Kier molecular flexibility index (Phi) is 8.88. The van der Waals surface area contributed by atoms with Gasteiger partial charge >= 0.3 is 6.36 Å². The summed E-state index contributed by atoms with van der Waals surface area (Å²) in [6.45, 7) is 2.19. The lowest BCUT2D eigenvalue weighted by atomic mass is 9.77. The number of hydrogen-bond acceptors (Lipinski definition) is 1. The fraction of sp³-hybridized carbons (Fsp3) is 0.538. The summed E-state index contributed by atoms with van der Waals surface area (Å²) in [4.78, 5) is 0. The molecule has 1 fully saturated rings. The number of benzene rings is 2. The molecule has 34 heavy (non-hydrogen) atoms. The standard InChI is InChI=1S/C26H29F7O/c1-2-3-4-5-16-6-8-17(9-7-16)10-11-18-12-20(27)24(21(28)13-18)19-14-22(29)25(23(30)15-19)34-26(31,32)33/h12-17H,2-11H2,1H3. The molecule has 0 unspecified atom stereocenters. The molecule has 8 heteroatoms. The zero-order valence-electron chi connectivity index (χ0n) is 19.1. The van der Waals surface area contributed by atoms with Crippen molar-refractivity contribution in [1.82, 2.24) is 0 Å². The Balaban J connectivity index is 1.65. The van der Waals surface area contributed by atoms with Gasteiger partial charge in [-0.25, -0.2) is 17.6 Å². The molecule has 2 aromatic rings. The van der Waals surface area contributed by atoms with Crippen molar-refractivity contribution in [1.29, 1.82) is 0 Å². The van der Waals surface area contributed by atoms with Crippen molar-refractivity contribution >= 4 is 0 Å². The maximum atomic E-state index is 14.7. The Morgan fingerprint density at radius 1 is 0.765 bits per heavy atom. The van der Waals surface area contributed by atoms with Crippen LogP contribution in [0.25, 0.3) is 11.1 Å². The first-order chi connectivity index (χ1) is 16.1. The van der Waals surface area contributed by atoms with E-state index < -0.39 is 46.5 Å². The van der Waals surface area contributed by atoms with E-state index in [1.54, 1.807) is 0 Å². The number of halogens is 7. The lowest BCUT2D eigenvalue weighted by Gasteiger charge is -2.28. The Hall–Kier alpha value is -2.25. The summed E-state index contributed by atoms with van der Waals surface area (Å²) in [7, 11) is 0. The molecule has 188 valence electrons. The Labute approximate surface area is 195 Å². The first kappa shape index (κ1) is 26.4. The Morgan fingerprint density at radius 3 is 1.79 bits per heavy atom. The zero-order chi connectivity index (χ0) is 24.9. The smallest absolute Gasteiger partial charge is 0.399 e. The van der Waals surface area contributed by atoms with Crippen molar-refractivity contribution in [3.8, 4) is 16.9 Å². The van der Waals surface area contributed by atoms with Crippen LogP contribution in [-0.4, -0.2) is 6.36 Å². The molecule has 2 aromatic carbocycles. The monoisotopic (exact) mass is 490 g/mol. The Morgan fingerprint density at radius 2 is 1.29 bits per heavy atom. The lowest BCUT2D eigenvalue weighted by molar-refractivity contribution is -0.276. The van der Waals surface area contributed by atoms with E-state index in [0.717, 1.165) is 37.3 Å². The van der Waals surface area contributed by atoms with Gasteiger partial charge in [-0.1, -0.05) is 58.3 Å². The van der Waals surface area contributed by atoms with Gasteiger partial charge in [-0.15, -0.1) is 13.2 Å². The number of ether oxygens (including phenoxy) is 1. The quantitative estimate of drug-likeness (QED) is 0.252. The van der Waals surface area contributed by atoms with Crippen molar-refractivity contribution in [2.45, 2.75) is 77.5 Å². The van der Waals surface area contributed by atoms with E-state index in [4.69, 9.17) is 0 Å². The maximum Gasteiger partial charge on any atom is 0.573 e. The zero-order valence-corrected chi connectivity index (χ0v) is 19.1. The molecule has 0 aliphatic heterocycles. The summed E-state index contributed by atoms with van der Waals surface area (Å²) in [6, 6.07) is 3.07. The minimum Gasteiger partial charge on any atom is -0.399 e. The second-order valence-electron chi connectivity index (χ2n) is 9.17. The summed E-state index contributed by atoms with van der Waals surface area (Å²) >= 11 is 0. The molecule has 0 N–H and O–H groups in total. The van der Waals surface area contributed by atoms with Gasteiger partial charge in [-0.2, -0.15) is 0 Å². The number of aryl methyl sites for hydroxylation is 1. The van der Waals surface area contributed by atoms with Crippen LogP contribution in [-0.2, 0) is 6.42 Å². The van der Waals surface area contributed by atoms with E-state index in [1.165, 1.54) is 38.5 Å². The molecule has 0 spiro atoms. The summed E-state index contributed by atoms with van der Waals surface area (Å²) in [6.07, 6.45) is 5.53. The van der Waals surface area contributed by atoms with Crippen molar-refractivity contribution in [3.05, 3.63) is 53.1 Å². The predicted octanol–water partition coefficient (Wildman–Crippen LogP) is 9.13. The summed E-state index contributed by atoms with van der Waals surface area (Å²) in [5.41, 5.74) is -0.818. The summed E-state index contributed by atoms with van der Waals surface area (Å²) in [5, 5.41) is 0. The fourth-order valence-electron chi connectivity index (χ4n) is 4.83. The number of rotatable bonds is 9. The molecular weight excluding hydrogens is 461 g/mol. The number of hydrogen-bond donors (Lipinski definition) is 0. The minimum absolute atomic E-state index is 0.421. The second-order valence-corrected chi connectivity index (χ2v) is 9.17. The third-order valence-electron chi connectivity index (χ3n) is 6.63. The van der Waals surface area contributed by atoms with Crippen molar-refractivity contribution in [2.75, 3.05) is 0 Å². The summed E-state index contributed by atoms with van der Waals surface area (Å²) < 4.78 is 97.7. The van der Waals surface area contributed by atoms with Gasteiger partial charge < -0.3 is 4.74 Å². The van der Waals surface area contributed by atoms with Crippen LogP contribution in [0.2, 0.25) is 0 Å². The Bertz CT molecular complexity index is 916. The van der Waals surface area contributed by atoms with Gasteiger partial charge in [0.1, 0.15) is 11.6 Å². The van der Waals surface area contributed by atoms with E-state index in [0.29, 0.717) is 30.0 Å². The molecule has 0 atom stereocenters. The van der Waals surface area contributed by atoms with Crippen LogP contribution in [0.1, 0.15) is 70.3 Å². The van der Waals surface area contributed by atoms with Gasteiger partial charge in [-0.3, -0.25) is 0 Å². The highest BCUT2D eigenvalue weighted by molar-refractivity contribution is 5.66. The van der Waals surface area contributed by atoms with E-state index in [2.05, 4.69) is 11.7 Å². The predicted molar refractivity (Wildman–Crippen MR) is 116 cm³/mol. The van der Waals surface area contributed by atoms with Crippen LogP contribution in [0.3, 0.4) is 0 Å². The topological polar surface area (TPSA) is 9.23 Å². The highest BCUT2D eigenvalue weighted by Gasteiger charge is 2.34. The van der Waals surface area contributed by atoms with Crippen LogP contribution in [0.15, 0.2) is 24.3 Å². The average molecular weight is 491 g/mol. The van der Waals surface area contributed by atoms with Crippen LogP contribution in [0.5, 0.6) is 5.75 Å². The van der Waals surface area contributed by atoms with Gasteiger partial charge in [0.05, 0.1) is 5.56 Å². The van der Waals surface area contributed by atoms with Gasteiger partial charge in [0.2, 0.25) is 5.75 Å². The highest BCUT2D eigenvalue weighted by atomic mass is 19.4. The fourth-order valence-corrected chi connectivity index (χ4v) is 4.83. The van der Waals surface area contributed by atoms with Crippen LogP contribution >= 0.6 is 0 Å². The molecule has 3 rings (SSSR count). The normalized spacial score (nSPS) is 18.8. The van der Waals surface area contributed by atoms with E-state index in [9.17, 15) is 30.7 Å². The second kappa shape index (κ2) is 11.5. The van der Waals surface area contributed by atoms with Gasteiger partial charge in [0.15, 0.2) is 11.6 Å². The molecule has 0 saturated heterocycles. The van der Waals surface area contributed by atoms with Crippen molar-refractivity contribution in [2.24, 2.45) is 11.8 Å². The summed E-state index contributed by atoms with van der Waals surface area (Å²) in [5.74, 6) is -5.88. The molecule has 0 radical (unpaired) electrons. The molecule has 0 aromatic heterocycles. The molecule has 0 amide bonds. The number of alkyl halides is 3. The average Bonchev–Trinajstić information content (AvgIpc) is 2.75.